The highest BCUT2D eigenvalue weighted by Gasteiger charge is 2.25. The number of hydrogen-bond donors (Lipinski definition) is 2. The third-order valence-electron chi connectivity index (χ3n) is 3.54. The molecule has 0 bridgehead atoms. The molecule has 1 heterocycles. The Labute approximate surface area is 145 Å². The number of aliphatic carboxylic acids is 1. The number of amides is 1. The van der Waals surface area contributed by atoms with Crippen molar-refractivity contribution in [1.29, 1.82) is 0 Å². The Bertz CT molecular complexity index is 858. The summed E-state index contributed by atoms with van der Waals surface area (Å²) >= 11 is 0. The molecule has 2 N–H and O–H groups in total. The lowest BCUT2D eigenvalue weighted by atomic mass is 9.99. The van der Waals surface area contributed by atoms with Crippen LogP contribution in [-0.2, 0) is 14.8 Å². The Morgan fingerprint density at radius 2 is 1.88 bits per heavy atom. The molecule has 0 aliphatic rings. The highest BCUT2D eigenvalue weighted by Crippen LogP contribution is 2.18. The molecule has 0 radical (unpaired) electrons. The van der Waals surface area contributed by atoms with Crippen LogP contribution >= 0.6 is 0 Å². The maximum Gasteiger partial charge on any atom is 0.312 e. The lowest BCUT2D eigenvalue weighted by molar-refractivity contribution is -0.138. The number of nitrogens with one attached hydrogen (secondary N) is 1. The first-order valence-corrected chi connectivity index (χ1v) is 8.74. The number of benzene rings is 1. The first-order valence-electron chi connectivity index (χ1n) is 7.30. The molecule has 0 aliphatic carbocycles. The lowest BCUT2D eigenvalue weighted by Crippen LogP contribution is -2.31. The molecule has 9 heteroatoms. The van der Waals surface area contributed by atoms with Gasteiger partial charge < -0.3 is 14.8 Å². The van der Waals surface area contributed by atoms with Crippen LogP contribution in [0.5, 0.6) is 0 Å². The molecule has 25 heavy (non-hydrogen) atoms. The summed E-state index contributed by atoms with van der Waals surface area (Å²) in [4.78, 5) is 23.5. The maximum atomic E-state index is 12.1. The highest BCUT2D eigenvalue weighted by atomic mass is 32.2. The van der Waals surface area contributed by atoms with Crippen molar-refractivity contribution in [3.05, 3.63) is 53.8 Å². The molecular formula is C16H18N2O6S. The number of carboxylic acid groups (broad SMARTS) is 1. The van der Waals surface area contributed by atoms with Crippen molar-refractivity contribution in [3.8, 4) is 0 Å². The third-order valence-corrected chi connectivity index (χ3v) is 5.22. The van der Waals surface area contributed by atoms with E-state index in [0.29, 0.717) is 5.56 Å². The monoisotopic (exact) mass is 366 g/mol. The van der Waals surface area contributed by atoms with Gasteiger partial charge in [0, 0.05) is 26.7 Å². The highest BCUT2D eigenvalue weighted by molar-refractivity contribution is 7.88. The van der Waals surface area contributed by atoms with Gasteiger partial charge in [-0.3, -0.25) is 9.59 Å². The Morgan fingerprint density at radius 1 is 1.24 bits per heavy atom. The number of furan rings is 1. The molecule has 0 aliphatic heterocycles. The molecule has 134 valence electrons. The predicted octanol–water partition coefficient (Wildman–Crippen LogP) is 1.13. The van der Waals surface area contributed by atoms with Gasteiger partial charge in [0.1, 0.15) is 6.26 Å². The van der Waals surface area contributed by atoms with Gasteiger partial charge in [-0.1, -0.05) is 30.3 Å². The lowest BCUT2D eigenvalue weighted by Gasteiger charge is -2.13. The molecule has 1 aromatic heterocycles. The standard InChI is InChI=1S/C16H18N2O6S/c1-18(2)25(22,23)14-8-12(10-24-14)15(19)17-9-13(16(20)21)11-6-4-3-5-7-11/h3-8,10,13H,9H2,1-2H3,(H,17,19)(H,20,21). The van der Waals surface area contributed by atoms with Crippen LogP contribution in [-0.4, -0.2) is 50.3 Å². The second kappa shape index (κ2) is 7.49. The summed E-state index contributed by atoms with van der Waals surface area (Å²) in [6.45, 7) is -0.140. The fourth-order valence-corrected chi connectivity index (χ4v) is 2.89. The number of carbonyl (C=O) groups excluding carboxylic acids is 1. The molecule has 0 saturated heterocycles. The first-order chi connectivity index (χ1) is 11.7. The summed E-state index contributed by atoms with van der Waals surface area (Å²) in [5, 5.41) is 11.5. The van der Waals surface area contributed by atoms with Gasteiger partial charge in [0.15, 0.2) is 0 Å². The second-order valence-corrected chi connectivity index (χ2v) is 7.54. The minimum Gasteiger partial charge on any atom is -0.481 e. The summed E-state index contributed by atoms with van der Waals surface area (Å²) in [6, 6.07) is 9.60. The Balaban J connectivity index is 2.10. The van der Waals surface area contributed by atoms with E-state index in [1.54, 1.807) is 30.3 Å². The molecule has 1 aromatic carbocycles. The largest absolute Gasteiger partial charge is 0.481 e. The molecule has 8 nitrogen and oxygen atoms in total. The van der Waals surface area contributed by atoms with Crippen molar-refractivity contribution in [3.63, 3.8) is 0 Å². The summed E-state index contributed by atoms with van der Waals surface area (Å²) in [5.74, 6) is -2.61. The van der Waals surface area contributed by atoms with Gasteiger partial charge in [-0.15, -0.1) is 0 Å². The van der Waals surface area contributed by atoms with Crippen molar-refractivity contribution in [1.82, 2.24) is 9.62 Å². The van der Waals surface area contributed by atoms with Crippen LogP contribution < -0.4 is 5.32 Å². The quantitative estimate of drug-likeness (QED) is 0.759. The Morgan fingerprint density at radius 3 is 2.44 bits per heavy atom. The normalized spacial score (nSPS) is 12.8. The van der Waals surface area contributed by atoms with E-state index in [4.69, 9.17) is 4.42 Å². The molecular weight excluding hydrogens is 348 g/mol. The second-order valence-electron chi connectivity index (χ2n) is 5.45. The van der Waals surface area contributed by atoms with Crippen molar-refractivity contribution in [2.24, 2.45) is 0 Å². The number of carboxylic acids is 1. The fourth-order valence-electron chi connectivity index (χ4n) is 2.08. The number of nitrogens with zero attached hydrogens (tertiary/aromatic N) is 1. The average Bonchev–Trinajstić information content (AvgIpc) is 3.06. The van der Waals surface area contributed by atoms with E-state index in [9.17, 15) is 23.1 Å². The SMILES string of the molecule is CN(C)S(=O)(=O)c1cc(C(=O)NCC(C(=O)O)c2ccccc2)co1. The molecule has 0 fully saturated rings. The van der Waals surface area contributed by atoms with E-state index in [1.807, 2.05) is 0 Å². The molecule has 2 rings (SSSR count). The summed E-state index contributed by atoms with van der Waals surface area (Å²) in [6.07, 6.45) is 1.02. The number of hydrogen-bond acceptors (Lipinski definition) is 5. The van der Waals surface area contributed by atoms with Gasteiger partial charge in [0.05, 0.1) is 11.5 Å². The summed E-state index contributed by atoms with van der Waals surface area (Å²) < 4.78 is 29.8. The van der Waals surface area contributed by atoms with Crippen LogP contribution in [0.3, 0.4) is 0 Å². The van der Waals surface area contributed by atoms with Gasteiger partial charge in [-0.25, -0.2) is 12.7 Å². The zero-order chi connectivity index (χ0) is 18.6. The number of sulfonamides is 1. The molecule has 1 amide bonds. The first kappa shape index (κ1) is 18.7. The van der Waals surface area contributed by atoms with Crippen LogP contribution in [0.4, 0.5) is 0 Å². The van der Waals surface area contributed by atoms with E-state index < -0.39 is 27.8 Å². The maximum absolute atomic E-state index is 12.1. The Hall–Kier alpha value is -2.65. The predicted molar refractivity (Wildman–Crippen MR) is 88.7 cm³/mol. The smallest absolute Gasteiger partial charge is 0.312 e. The van der Waals surface area contributed by atoms with Gasteiger partial charge in [-0.2, -0.15) is 0 Å². The minimum atomic E-state index is -3.78. The third kappa shape index (κ3) is 4.25. The molecule has 1 unspecified atom stereocenters. The molecule has 0 saturated carbocycles. The molecule has 0 spiro atoms. The van der Waals surface area contributed by atoms with Crippen molar-refractivity contribution in [2.75, 3.05) is 20.6 Å². The topological polar surface area (TPSA) is 117 Å². The van der Waals surface area contributed by atoms with Crippen LogP contribution in [0.2, 0.25) is 0 Å². The van der Waals surface area contributed by atoms with Gasteiger partial charge >= 0.3 is 5.97 Å². The van der Waals surface area contributed by atoms with Crippen molar-refractivity contribution in [2.45, 2.75) is 11.0 Å². The summed E-state index contributed by atoms with van der Waals surface area (Å²) in [7, 11) is -1.10. The van der Waals surface area contributed by atoms with Crippen molar-refractivity contribution < 1.29 is 27.5 Å². The van der Waals surface area contributed by atoms with E-state index in [0.717, 1.165) is 16.6 Å². The zero-order valence-electron chi connectivity index (χ0n) is 13.7. The van der Waals surface area contributed by atoms with E-state index in [2.05, 4.69) is 5.32 Å². The minimum absolute atomic E-state index is 0.00220. The number of carbonyl (C=O) groups is 2. The van der Waals surface area contributed by atoms with E-state index in [-0.39, 0.29) is 17.2 Å². The Kier molecular flexibility index (Phi) is 5.60. The van der Waals surface area contributed by atoms with Crippen LogP contribution in [0.1, 0.15) is 21.8 Å². The van der Waals surface area contributed by atoms with Crippen LogP contribution in [0.15, 0.2) is 52.2 Å². The average molecular weight is 366 g/mol. The zero-order valence-corrected chi connectivity index (χ0v) is 14.5. The van der Waals surface area contributed by atoms with Crippen LogP contribution in [0, 0.1) is 0 Å². The summed E-state index contributed by atoms with van der Waals surface area (Å²) in [5.41, 5.74) is 0.552. The van der Waals surface area contributed by atoms with Crippen molar-refractivity contribution >= 4 is 21.9 Å². The molecule has 1 atom stereocenters. The fraction of sp³-hybridized carbons (Fsp3) is 0.250. The van der Waals surface area contributed by atoms with Crippen LogP contribution in [0.25, 0.3) is 0 Å². The van der Waals surface area contributed by atoms with E-state index >= 15 is 0 Å². The van der Waals surface area contributed by atoms with Gasteiger partial charge in [0.2, 0.25) is 5.09 Å². The van der Waals surface area contributed by atoms with E-state index in [1.165, 1.54) is 14.1 Å². The van der Waals surface area contributed by atoms with Gasteiger partial charge in [-0.05, 0) is 5.56 Å². The molecule has 2 aromatic rings. The van der Waals surface area contributed by atoms with Gasteiger partial charge in [0.25, 0.3) is 15.9 Å². The number of rotatable bonds is 7.